The summed E-state index contributed by atoms with van der Waals surface area (Å²) in [7, 11) is 0. The number of aryl methyl sites for hydroxylation is 1. The van der Waals surface area contributed by atoms with Crippen molar-refractivity contribution in [1.82, 2.24) is 0 Å². The van der Waals surface area contributed by atoms with Crippen molar-refractivity contribution in [3.05, 3.63) is 45.9 Å². The zero-order chi connectivity index (χ0) is 11.8. The average Bonchev–Trinajstić information content (AvgIpc) is 2.75. The molecule has 1 aromatic carbocycles. The van der Waals surface area contributed by atoms with E-state index in [-0.39, 0.29) is 11.9 Å². The zero-order valence-corrected chi connectivity index (χ0v) is 10.2. The van der Waals surface area contributed by atoms with Gasteiger partial charge in [0.15, 0.2) is 6.10 Å². The molecule has 0 bridgehead atoms. The third kappa shape index (κ3) is 1.89. The molecule has 2 nitrogen and oxygen atoms in total. The lowest BCUT2D eigenvalue weighted by molar-refractivity contribution is 0.213. The lowest BCUT2D eigenvalue weighted by Gasteiger charge is -2.27. The monoisotopic (exact) mass is 249 g/mol. The summed E-state index contributed by atoms with van der Waals surface area (Å²) in [5.74, 6) is 0.473. The summed E-state index contributed by atoms with van der Waals surface area (Å²) >= 11 is 1.69. The van der Waals surface area contributed by atoms with E-state index in [0.29, 0.717) is 6.54 Å². The van der Waals surface area contributed by atoms with E-state index >= 15 is 0 Å². The number of rotatable bonds is 1. The van der Waals surface area contributed by atoms with Crippen LogP contribution >= 0.6 is 11.3 Å². The molecule has 2 aromatic rings. The Labute approximate surface area is 103 Å². The van der Waals surface area contributed by atoms with Gasteiger partial charge in [0, 0.05) is 10.9 Å². The van der Waals surface area contributed by atoms with E-state index in [1.807, 2.05) is 0 Å². The number of fused-ring (bicyclic) bond motifs is 1. The Morgan fingerprint density at radius 2 is 2.29 bits per heavy atom. The largest absolute Gasteiger partial charge is 0.481 e. The van der Waals surface area contributed by atoms with Crippen LogP contribution in [-0.4, -0.2) is 6.54 Å². The van der Waals surface area contributed by atoms with E-state index in [4.69, 9.17) is 4.74 Å². The van der Waals surface area contributed by atoms with Crippen molar-refractivity contribution in [2.45, 2.75) is 13.0 Å². The quantitative estimate of drug-likeness (QED) is 0.831. The molecular weight excluding hydrogens is 237 g/mol. The fourth-order valence-electron chi connectivity index (χ4n) is 2.00. The molecule has 0 fully saturated rings. The molecule has 4 heteroatoms. The first-order chi connectivity index (χ1) is 8.24. The highest BCUT2D eigenvalue weighted by atomic mass is 32.1. The number of thiophene rings is 1. The molecule has 0 amide bonds. The number of hydrogen-bond donors (Lipinski definition) is 1. The minimum absolute atomic E-state index is 0.0213. The highest BCUT2D eigenvalue weighted by Crippen LogP contribution is 2.36. The Balaban J connectivity index is 1.91. The predicted molar refractivity (Wildman–Crippen MR) is 67.3 cm³/mol. The van der Waals surface area contributed by atoms with Crippen LogP contribution in [0.15, 0.2) is 29.6 Å². The van der Waals surface area contributed by atoms with Crippen molar-refractivity contribution >= 4 is 17.0 Å². The smallest absolute Gasteiger partial charge is 0.150 e. The fraction of sp³-hybridized carbons (Fsp3) is 0.231. The molecule has 88 valence electrons. The van der Waals surface area contributed by atoms with Gasteiger partial charge >= 0.3 is 0 Å². The van der Waals surface area contributed by atoms with E-state index in [0.717, 1.165) is 11.4 Å². The van der Waals surface area contributed by atoms with E-state index < -0.39 is 0 Å². The van der Waals surface area contributed by atoms with Crippen molar-refractivity contribution in [1.29, 1.82) is 0 Å². The molecule has 0 saturated carbocycles. The van der Waals surface area contributed by atoms with Crippen LogP contribution in [0.4, 0.5) is 10.1 Å². The number of halogens is 1. The number of hydrogen-bond acceptors (Lipinski definition) is 3. The Morgan fingerprint density at radius 3 is 3.06 bits per heavy atom. The normalized spacial score (nSPS) is 18.1. The molecule has 1 aromatic heterocycles. The molecule has 1 aliphatic rings. The van der Waals surface area contributed by atoms with Crippen molar-refractivity contribution in [3.63, 3.8) is 0 Å². The summed E-state index contributed by atoms with van der Waals surface area (Å²) in [4.78, 5) is 1.23. The standard InChI is InChI=1S/C13H12FNOS/c1-8-4-5-17-13(8)12-7-15-10-6-9(14)2-3-11(10)16-12/h2-6,12,15H,7H2,1H3. The van der Waals surface area contributed by atoms with Gasteiger partial charge in [-0.15, -0.1) is 11.3 Å². The van der Waals surface area contributed by atoms with Crippen LogP contribution in [0.25, 0.3) is 0 Å². The molecule has 1 N–H and O–H groups in total. The second-order valence-electron chi connectivity index (χ2n) is 4.10. The topological polar surface area (TPSA) is 21.3 Å². The van der Waals surface area contributed by atoms with Crippen LogP contribution in [0.5, 0.6) is 5.75 Å². The molecule has 3 rings (SSSR count). The maximum absolute atomic E-state index is 13.0. The molecule has 2 heterocycles. The number of anilines is 1. The third-order valence-corrected chi connectivity index (χ3v) is 3.99. The highest BCUT2D eigenvalue weighted by Gasteiger charge is 2.23. The molecule has 0 aliphatic carbocycles. The average molecular weight is 249 g/mol. The fourth-order valence-corrected chi connectivity index (χ4v) is 2.96. The third-order valence-electron chi connectivity index (χ3n) is 2.88. The zero-order valence-electron chi connectivity index (χ0n) is 9.37. The molecule has 17 heavy (non-hydrogen) atoms. The van der Waals surface area contributed by atoms with E-state index in [2.05, 4.69) is 23.7 Å². The lowest BCUT2D eigenvalue weighted by Crippen LogP contribution is -2.23. The van der Waals surface area contributed by atoms with Crippen LogP contribution in [-0.2, 0) is 0 Å². The minimum atomic E-state index is -0.245. The summed E-state index contributed by atoms with van der Waals surface area (Å²) in [5, 5.41) is 5.27. The predicted octanol–water partition coefficient (Wildman–Crippen LogP) is 3.74. The summed E-state index contributed by atoms with van der Waals surface area (Å²) in [6.07, 6.45) is 0.0213. The van der Waals surface area contributed by atoms with Gasteiger partial charge in [-0.1, -0.05) is 0 Å². The van der Waals surface area contributed by atoms with Crippen LogP contribution in [0.3, 0.4) is 0 Å². The summed E-state index contributed by atoms with van der Waals surface area (Å²) in [6, 6.07) is 6.65. The van der Waals surface area contributed by atoms with Crippen LogP contribution < -0.4 is 10.1 Å². The lowest BCUT2D eigenvalue weighted by atomic mass is 10.1. The Bertz CT molecular complexity index is 552. The SMILES string of the molecule is Cc1ccsc1C1CNc2cc(F)ccc2O1. The van der Waals surface area contributed by atoms with Crippen molar-refractivity contribution in [3.8, 4) is 5.75 Å². The van der Waals surface area contributed by atoms with Gasteiger partial charge in [-0.3, -0.25) is 0 Å². The molecule has 1 atom stereocenters. The first-order valence-electron chi connectivity index (χ1n) is 5.48. The Morgan fingerprint density at radius 1 is 1.41 bits per heavy atom. The van der Waals surface area contributed by atoms with Gasteiger partial charge in [-0.05, 0) is 36.1 Å². The van der Waals surface area contributed by atoms with Gasteiger partial charge < -0.3 is 10.1 Å². The first-order valence-corrected chi connectivity index (χ1v) is 6.36. The number of nitrogens with one attached hydrogen (secondary N) is 1. The van der Waals surface area contributed by atoms with Crippen molar-refractivity contribution < 1.29 is 9.13 Å². The molecule has 0 radical (unpaired) electrons. The van der Waals surface area contributed by atoms with Crippen LogP contribution in [0, 0.1) is 12.7 Å². The summed E-state index contributed by atoms with van der Waals surface area (Å²) in [5.41, 5.74) is 1.97. The molecule has 0 saturated heterocycles. The number of benzene rings is 1. The highest BCUT2D eigenvalue weighted by molar-refractivity contribution is 7.10. The summed E-state index contributed by atoms with van der Waals surface area (Å²) < 4.78 is 18.9. The van der Waals surface area contributed by atoms with E-state index in [1.165, 1.54) is 22.6 Å². The number of ether oxygens (including phenoxy) is 1. The van der Waals surface area contributed by atoms with Crippen molar-refractivity contribution in [2.75, 3.05) is 11.9 Å². The van der Waals surface area contributed by atoms with Gasteiger partial charge in [0.25, 0.3) is 0 Å². The van der Waals surface area contributed by atoms with Gasteiger partial charge in [0.2, 0.25) is 0 Å². The molecular formula is C13H12FNOS. The molecule has 1 aliphatic heterocycles. The van der Waals surface area contributed by atoms with Crippen LogP contribution in [0.1, 0.15) is 16.5 Å². The summed E-state index contributed by atoms with van der Waals surface area (Å²) in [6.45, 7) is 2.76. The minimum Gasteiger partial charge on any atom is -0.481 e. The van der Waals surface area contributed by atoms with Crippen molar-refractivity contribution in [2.24, 2.45) is 0 Å². The second-order valence-corrected chi connectivity index (χ2v) is 5.04. The second kappa shape index (κ2) is 4.04. The Kier molecular flexibility index (Phi) is 2.52. The van der Waals surface area contributed by atoms with Crippen LogP contribution in [0.2, 0.25) is 0 Å². The Hall–Kier alpha value is -1.55. The maximum atomic E-state index is 13.0. The van der Waals surface area contributed by atoms with E-state index in [1.54, 1.807) is 17.4 Å². The van der Waals surface area contributed by atoms with Gasteiger partial charge in [0.05, 0.1) is 12.2 Å². The first kappa shape index (κ1) is 10.6. The molecule has 1 unspecified atom stereocenters. The van der Waals surface area contributed by atoms with Gasteiger partial charge in [-0.25, -0.2) is 4.39 Å². The molecule has 0 spiro atoms. The van der Waals surface area contributed by atoms with Gasteiger partial charge in [-0.2, -0.15) is 0 Å². The maximum Gasteiger partial charge on any atom is 0.150 e. The van der Waals surface area contributed by atoms with Gasteiger partial charge in [0.1, 0.15) is 11.6 Å². The van der Waals surface area contributed by atoms with E-state index in [9.17, 15) is 4.39 Å².